The van der Waals surface area contributed by atoms with Crippen LogP contribution in [0.5, 0.6) is 11.5 Å². The lowest BCUT2D eigenvalue weighted by molar-refractivity contribution is -0.127. The van der Waals surface area contributed by atoms with Crippen molar-refractivity contribution in [1.82, 2.24) is 5.32 Å². The van der Waals surface area contributed by atoms with Crippen LogP contribution in [0.2, 0.25) is 0 Å². The van der Waals surface area contributed by atoms with Crippen LogP contribution in [-0.2, 0) is 16.1 Å². The van der Waals surface area contributed by atoms with Crippen molar-refractivity contribution in [1.29, 1.82) is 0 Å². The first-order valence-corrected chi connectivity index (χ1v) is 7.71. The van der Waals surface area contributed by atoms with E-state index in [4.69, 9.17) is 14.2 Å². The quantitative estimate of drug-likeness (QED) is 0.876. The fourth-order valence-corrected chi connectivity index (χ4v) is 2.75. The van der Waals surface area contributed by atoms with Gasteiger partial charge in [0, 0.05) is 31.7 Å². The lowest BCUT2D eigenvalue weighted by atomic mass is 9.87. The molecule has 1 amide bonds. The summed E-state index contributed by atoms with van der Waals surface area (Å²) in [6.07, 6.45) is 1.92. The summed E-state index contributed by atoms with van der Waals surface area (Å²) in [6, 6.07) is 5.62. The third-order valence-electron chi connectivity index (χ3n) is 4.26. The third-order valence-corrected chi connectivity index (χ3v) is 4.26. The van der Waals surface area contributed by atoms with Gasteiger partial charge in [0.2, 0.25) is 5.91 Å². The average molecular weight is 307 g/mol. The Balaban J connectivity index is 1.92. The van der Waals surface area contributed by atoms with E-state index in [1.165, 1.54) is 0 Å². The van der Waals surface area contributed by atoms with E-state index in [1.54, 1.807) is 14.2 Å². The summed E-state index contributed by atoms with van der Waals surface area (Å²) in [4.78, 5) is 12.3. The minimum absolute atomic E-state index is 0.0106. The smallest absolute Gasteiger partial charge is 0.223 e. The number of carbonyl (C=O) groups excluding carboxylic acids is 1. The molecule has 1 aromatic carbocycles. The van der Waals surface area contributed by atoms with Gasteiger partial charge in [0.25, 0.3) is 0 Å². The van der Waals surface area contributed by atoms with Crippen molar-refractivity contribution < 1.29 is 19.0 Å². The maximum absolute atomic E-state index is 12.3. The van der Waals surface area contributed by atoms with E-state index in [2.05, 4.69) is 5.32 Å². The number of hydrogen-bond donors (Lipinski definition) is 1. The van der Waals surface area contributed by atoms with Crippen LogP contribution in [0.25, 0.3) is 0 Å². The van der Waals surface area contributed by atoms with Gasteiger partial charge >= 0.3 is 0 Å². The summed E-state index contributed by atoms with van der Waals surface area (Å²) in [7, 11) is 3.23. The highest BCUT2D eigenvalue weighted by molar-refractivity contribution is 5.78. The Kier molecular flexibility index (Phi) is 6.07. The average Bonchev–Trinajstić information content (AvgIpc) is 2.59. The van der Waals surface area contributed by atoms with Crippen LogP contribution in [0.3, 0.4) is 0 Å². The van der Waals surface area contributed by atoms with Crippen LogP contribution in [-0.4, -0.2) is 33.3 Å². The summed E-state index contributed by atoms with van der Waals surface area (Å²) in [6.45, 7) is 3.99. The number of benzene rings is 1. The Labute approximate surface area is 131 Å². The van der Waals surface area contributed by atoms with Gasteiger partial charge in [-0.25, -0.2) is 0 Å². The molecule has 1 saturated heterocycles. The van der Waals surface area contributed by atoms with E-state index in [1.807, 2.05) is 25.1 Å². The Morgan fingerprint density at radius 1 is 1.23 bits per heavy atom. The monoisotopic (exact) mass is 307 g/mol. The summed E-state index contributed by atoms with van der Waals surface area (Å²) in [5, 5.41) is 3.01. The zero-order chi connectivity index (χ0) is 15.9. The maximum Gasteiger partial charge on any atom is 0.223 e. The van der Waals surface area contributed by atoms with Crippen LogP contribution < -0.4 is 14.8 Å². The largest absolute Gasteiger partial charge is 0.497 e. The summed E-state index contributed by atoms with van der Waals surface area (Å²) in [5.74, 6) is 1.96. The van der Waals surface area contributed by atoms with Crippen molar-refractivity contribution in [2.75, 3.05) is 27.4 Å². The van der Waals surface area contributed by atoms with E-state index in [0.29, 0.717) is 12.5 Å². The molecule has 0 aromatic heterocycles. The highest BCUT2D eigenvalue weighted by Crippen LogP contribution is 2.25. The second-order valence-electron chi connectivity index (χ2n) is 5.68. The van der Waals surface area contributed by atoms with Crippen molar-refractivity contribution >= 4 is 5.91 Å². The van der Waals surface area contributed by atoms with E-state index >= 15 is 0 Å². The SMILES string of the molecule is COc1cc(CNC(=O)C(C)C2CCOCC2)cc(OC)c1. The molecule has 5 nitrogen and oxygen atoms in total. The van der Waals surface area contributed by atoms with E-state index in [9.17, 15) is 4.79 Å². The van der Waals surface area contributed by atoms with Gasteiger partial charge in [-0.05, 0) is 36.5 Å². The Bertz CT molecular complexity index is 475. The van der Waals surface area contributed by atoms with Crippen LogP contribution in [0, 0.1) is 11.8 Å². The van der Waals surface area contributed by atoms with E-state index < -0.39 is 0 Å². The molecular formula is C17H25NO4. The normalized spacial score (nSPS) is 16.9. The van der Waals surface area contributed by atoms with Gasteiger partial charge in [-0.3, -0.25) is 4.79 Å². The van der Waals surface area contributed by atoms with Crippen molar-refractivity contribution in [3.05, 3.63) is 23.8 Å². The van der Waals surface area contributed by atoms with Crippen LogP contribution >= 0.6 is 0 Å². The minimum atomic E-state index is 0.0106. The van der Waals surface area contributed by atoms with Crippen molar-refractivity contribution in [3.8, 4) is 11.5 Å². The minimum Gasteiger partial charge on any atom is -0.497 e. The fourth-order valence-electron chi connectivity index (χ4n) is 2.75. The Morgan fingerprint density at radius 2 is 1.82 bits per heavy atom. The molecule has 0 spiro atoms. The molecule has 5 heteroatoms. The lowest BCUT2D eigenvalue weighted by Gasteiger charge is -2.27. The number of nitrogens with one attached hydrogen (secondary N) is 1. The molecule has 0 radical (unpaired) electrons. The molecule has 1 unspecified atom stereocenters. The summed E-state index contributed by atoms with van der Waals surface area (Å²) >= 11 is 0. The molecule has 1 atom stereocenters. The number of ether oxygens (including phenoxy) is 3. The molecular weight excluding hydrogens is 282 g/mol. The molecule has 0 bridgehead atoms. The van der Waals surface area contributed by atoms with E-state index in [0.717, 1.165) is 43.1 Å². The molecule has 1 N–H and O–H groups in total. The van der Waals surface area contributed by atoms with Crippen molar-refractivity contribution in [2.45, 2.75) is 26.3 Å². The third kappa shape index (κ3) is 4.37. The molecule has 0 aliphatic carbocycles. The van der Waals surface area contributed by atoms with Crippen molar-refractivity contribution in [2.24, 2.45) is 11.8 Å². The lowest BCUT2D eigenvalue weighted by Crippen LogP contribution is -2.35. The maximum atomic E-state index is 12.3. The van der Waals surface area contributed by atoms with Crippen LogP contribution in [0.15, 0.2) is 18.2 Å². The fraction of sp³-hybridized carbons (Fsp3) is 0.588. The number of hydrogen-bond acceptors (Lipinski definition) is 4. The van der Waals surface area contributed by atoms with Gasteiger partial charge in [0.15, 0.2) is 0 Å². The van der Waals surface area contributed by atoms with Gasteiger partial charge in [-0.2, -0.15) is 0 Å². The van der Waals surface area contributed by atoms with Crippen molar-refractivity contribution in [3.63, 3.8) is 0 Å². The first-order chi connectivity index (χ1) is 10.6. The highest BCUT2D eigenvalue weighted by Gasteiger charge is 2.25. The predicted octanol–water partition coefficient (Wildman–Crippen LogP) is 2.38. The summed E-state index contributed by atoms with van der Waals surface area (Å²) in [5.41, 5.74) is 0.962. The first kappa shape index (κ1) is 16.6. The van der Waals surface area contributed by atoms with Gasteiger partial charge < -0.3 is 19.5 Å². The van der Waals surface area contributed by atoms with Gasteiger partial charge in [-0.15, -0.1) is 0 Å². The molecule has 1 heterocycles. The second kappa shape index (κ2) is 8.03. The number of methoxy groups -OCH3 is 2. The molecule has 1 aliphatic heterocycles. The zero-order valence-corrected chi connectivity index (χ0v) is 13.6. The van der Waals surface area contributed by atoms with Crippen LogP contribution in [0.1, 0.15) is 25.3 Å². The molecule has 0 saturated carbocycles. The molecule has 2 rings (SSSR count). The topological polar surface area (TPSA) is 56.8 Å². The highest BCUT2D eigenvalue weighted by atomic mass is 16.5. The number of carbonyl (C=O) groups is 1. The van der Waals surface area contributed by atoms with Gasteiger partial charge in [0.1, 0.15) is 11.5 Å². The van der Waals surface area contributed by atoms with Gasteiger partial charge in [0.05, 0.1) is 14.2 Å². The van der Waals surface area contributed by atoms with E-state index in [-0.39, 0.29) is 11.8 Å². The molecule has 1 aliphatic rings. The Hall–Kier alpha value is -1.75. The second-order valence-corrected chi connectivity index (χ2v) is 5.68. The molecule has 22 heavy (non-hydrogen) atoms. The first-order valence-electron chi connectivity index (χ1n) is 7.71. The summed E-state index contributed by atoms with van der Waals surface area (Å²) < 4.78 is 15.8. The standard InChI is InChI=1S/C17H25NO4/c1-12(14-4-6-22-7-5-14)17(19)18-11-13-8-15(20-2)10-16(9-13)21-3/h8-10,12,14H,4-7,11H2,1-3H3,(H,18,19). The Morgan fingerprint density at radius 3 is 2.36 bits per heavy atom. The molecule has 122 valence electrons. The molecule has 1 fully saturated rings. The molecule has 1 aromatic rings. The van der Waals surface area contributed by atoms with Gasteiger partial charge in [-0.1, -0.05) is 6.92 Å². The predicted molar refractivity (Wildman–Crippen MR) is 84.1 cm³/mol. The van der Waals surface area contributed by atoms with Crippen LogP contribution in [0.4, 0.5) is 0 Å². The zero-order valence-electron chi connectivity index (χ0n) is 13.6. The number of amides is 1. The number of rotatable bonds is 6.